The number of fused-ring (bicyclic) bond motifs is 1. The van der Waals surface area contributed by atoms with Crippen LogP contribution in [0.1, 0.15) is 5.56 Å². The maximum Gasteiger partial charge on any atom is 0.257 e. The van der Waals surface area contributed by atoms with Gasteiger partial charge < -0.3 is 15.2 Å². The first kappa shape index (κ1) is 12.4. The van der Waals surface area contributed by atoms with Crippen molar-refractivity contribution in [3.05, 3.63) is 42.0 Å². The molecule has 0 unspecified atom stereocenters. The van der Waals surface area contributed by atoms with E-state index in [1.165, 1.54) is 0 Å². The minimum atomic E-state index is -0.202. The molecule has 0 aliphatic carbocycles. The molecule has 2 N–H and O–H groups in total. The van der Waals surface area contributed by atoms with Crippen LogP contribution in [0.3, 0.4) is 0 Å². The van der Waals surface area contributed by atoms with E-state index in [1.807, 2.05) is 30.3 Å². The van der Waals surface area contributed by atoms with E-state index in [-0.39, 0.29) is 19.1 Å². The van der Waals surface area contributed by atoms with Gasteiger partial charge in [0.1, 0.15) is 5.75 Å². The number of likely N-dealkylation sites (N-methyl/N-ethyl adjacent to an activating group) is 1. The van der Waals surface area contributed by atoms with Crippen LogP contribution in [-0.2, 0) is 11.4 Å². The van der Waals surface area contributed by atoms with Gasteiger partial charge in [-0.3, -0.25) is 4.79 Å². The summed E-state index contributed by atoms with van der Waals surface area (Å²) in [5, 5.41) is 13.9. The Morgan fingerprint density at radius 2 is 2.06 bits per heavy atom. The van der Waals surface area contributed by atoms with Crippen molar-refractivity contribution < 1.29 is 14.6 Å². The van der Waals surface area contributed by atoms with Gasteiger partial charge in [-0.15, -0.1) is 0 Å². The Labute approximate surface area is 105 Å². The van der Waals surface area contributed by atoms with Gasteiger partial charge in [-0.05, 0) is 16.8 Å². The molecule has 1 amide bonds. The van der Waals surface area contributed by atoms with Crippen LogP contribution in [0.2, 0.25) is 0 Å². The van der Waals surface area contributed by atoms with Crippen LogP contribution in [0.4, 0.5) is 0 Å². The molecular weight excluding hydrogens is 230 g/mol. The van der Waals surface area contributed by atoms with Crippen molar-refractivity contribution >= 4 is 16.7 Å². The molecule has 18 heavy (non-hydrogen) atoms. The molecule has 0 atom stereocenters. The highest BCUT2D eigenvalue weighted by Gasteiger charge is 2.09. The van der Waals surface area contributed by atoms with Crippen molar-refractivity contribution in [3.8, 4) is 5.75 Å². The first-order chi connectivity index (χ1) is 8.76. The second-order valence-corrected chi connectivity index (χ2v) is 3.88. The molecule has 4 nitrogen and oxygen atoms in total. The third-order valence-electron chi connectivity index (χ3n) is 2.79. The summed E-state index contributed by atoms with van der Waals surface area (Å²) in [4.78, 5) is 11.1. The maximum atomic E-state index is 11.1. The number of amides is 1. The van der Waals surface area contributed by atoms with Crippen molar-refractivity contribution in [1.82, 2.24) is 5.32 Å². The number of carbonyl (C=O) groups is 1. The van der Waals surface area contributed by atoms with Crippen LogP contribution in [0, 0.1) is 0 Å². The zero-order valence-corrected chi connectivity index (χ0v) is 10.1. The Balaban J connectivity index is 2.35. The molecular formula is C14H15NO3. The van der Waals surface area contributed by atoms with E-state index in [4.69, 9.17) is 4.74 Å². The zero-order chi connectivity index (χ0) is 13.0. The predicted octanol–water partition coefficient (Wildman–Crippen LogP) is 1.46. The average molecular weight is 245 g/mol. The summed E-state index contributed by atoms with van der Waals surface area (Å²) in [5.74, 6) is 0.340. The van der Waals surface area contributed by atoms with E-state index in [0.717, 1.165) is 10.8 Å². The van der Waals surface area contributed by atoms with Gasteiger partial charge in [-0.2, -0.15) is 0 Å². The van der Waals surface area contributed by atoms with Crippen LogP contribution in [0.5, 0.6) is 5.75 Å². The number of benzene rings is 2. The summed E-state index contributed by atoms with van der Waals surface area (Å²) in [5.41, 5.74) is 0.706. The van der Waals surface area contributed by atoms with Gasteiger partial charge in [-0.25, -0.2) is 0 Å². The molecule has 0 bridgehead atoms. The van der Waals surface area contributed by atoms with E-state index in [0.29, 0.717) is 11.3 Å². The van der Waals surface area contributed by atoms with Crippen molar-refractivity contribution in [3.63, 3.8) is 0 Å². The molecule has 4 heteroatoms. The number of ether oxygens (including phenoxy) is 1. The number of hydrogen-bond acceptors (Lipinski definition) is 3. The van der Waals surface area contributed by atoms with Crippen LogP contribution >= 0.6 is 0 Å². The third-order valence-corrected chi connectivity index (χ3v) is 2.79. The summed E-state index contributed by atoms with van der Waals surface area (Å²) in [7, 11) is 1.55. The highest BCUT2D eigenvalue weighted by molar-refractivity contribution is 5.87. The number of aliphatic hydroxyl groups excluding tert-OH is 1. The highest BCUT2D eigenvalue weighted by Crippen LogP contribution is 2.27. The molecule has 0 saturated carbocycles. The maximum absolute atomic E-state index is 11.1. The van der Waals surface area contributed by atoms with Gasteiger partial charge >= 0.3 is 0 Å². The van der Waals surface area contributed by atoms with E-state index >= 15 is 0 Å². The number of hydrogen-bond donors (Lipinski definition) is 2. The molecule has 94 valence electrons. The number of nitrogens with one attached hydrogen (secondary N) is 1. The predicted molar refractivity (Wildman–Crippen MR) is 69.4 cm³/mol. The van der Waals surface area contributed by atoms with E-state index in [2.05, 4.69) is 5.32 Å². The van der Waals surface area contributed by atoms with Gasteiger partial charge in [0.05, 0.1) is 6.61 Å². The lowest BCUT2D eigenvalue weighted by Crippen LogP contribution is -2.25. The number of aliphatic hydroxyl groups is 1. The smallest absolute Gasteiger partial charge is 0.257 e. The second kappa shape index (κ2) is 5.51. The Morgan fingerprint density at radius 3 is 2.78 bits per heavy atom. The molecule has 2 aromatic rings. The van der Waals surface area contributed by atoms with Crippen molar-refractivity contribution in [1.29, 1.82) is 0 Å². The summed E-state index contributed by atoms with van der Waals surface area (Å²) in [6, 6.07) is 11.4. The van der Waals surface area contributed by atoms with Crippen LogP contribution in [0.15, 0.2) is 36.4 Å². The Bertz CT molecular complexity index is 566. The van der Waals surface area contributed by atoms with Gasteiger partial charge in [0.15, 0.2) is 6.61 Å². The van der Waals surface area contributed by atoms with Gasteiger partial charge in [-0.1, -0.05) is 30.3 Å². The van der Waals surface area contributed by atoms with E-state index < -0.39 is 0 Å². The van der Waals surface area contributed by atoms with Crippen LogP contribution in [0.25, 0.3) is 10.8 Å². The monoisotopic (exact) mass is 245 g/mol. The summed E-state index contributed by atoms with van der Waals surface area (Å²) < 4.78 is 5.42. The minimum Gasteiger partial charge on any atom is -0.483 e. The molecule has 0 aliphatic heterocycles. The molecule has 0 fully saturated rings. The average Bonchev–Trinajstić information content (AvgIpc) is 2.43. The Hall–Kier alpha value is -2.07. The minimum absolute atomic E-state index is 0.0537. The summed E-state index contributed by atoms with van der Waals surface area (Å²) in [6.45, 7) is -0.174. The van der Waals surface area contributed by atoms with Crippen molar-refractivity contribution in [2.24, 2.45) is 0 Å². The molecule has 2 rings (SSSR count). The molecule has 0 radical (unpaired) electrons. The molecule has 0 saturated heterocycles. The quantitative estimate of drug-likeness (QED) is 0.857. The second-order valence-electron chi connectivity index (χ2n) is 3.88. The lowest BCUT2D eigenvalue weighted by atomic mass is 10.0. The van der Waals surface area contributed by atoms with E-state index in [1.54, 1.807) is 13.1 Å². The number of carbonyl (C=O) groups excluding carboxylic acids is 1. The molecule has 0 heterocycles. The Morgan fingerprint density at radius 1 is 1.28 bits per heavy atom. The molecule has 2 aromatic carbocycles. The lowest BCUT2D eigenvalue weighted by molar-refractivity contribution is -0.122. The van der Waals surface area contributed by atoms with Crippen LogP contribution in [-0.4, -0.2) is 24.7 Å². The molecule has 0 spiro atoms. The first-order valence-corrected chi connectivity index (χ1v) is 5.71. The van der Waals surface area contributed by atoms with E-state index in [9.17, 15) is 9.90 Å². The Kier molecular flexibility index (Phi) is 3.79. The van der Waals surface area contributed by atoms with Crippen molar-refractivity contribution in [2.45, 2.75) is 6.61 Å². The fraction of sp³-hybridized carbons (Fsp3) is 0.214. The zero-order valence-electron chi connectivity index (χ0n) is 10.1. The standard InChI is InChI=1S/C14H15NO3/c1-15-14(17)9-18-13-7-6-10-4-2-3-5-11(10)12(13)8-16/h2-7,16H,8-9H2,1H3,(H,15,17). The lowest BCUT2D eigenvalue weighted by Gasteiger charge is -2.12. The molecule has 0 aliphatic rings. The van der Waals surface area contributed by atoms with Gasteiger partial charge in [0.25, 0.3) is 5.91 Å². The topological polar surface area (TPSA) is 58.6 Å². The fourth-order valence-corrected chi connectivity index (χ4v) is 1.83. The van der Waals surface area contributed by atoms with Crippen molar-refractivity contribution in [2.75, 3.05) is 13.7 Å². The largest absolute Gasteiger partial charge is 0.483 e. The fourth-order valence-electron chi connectivity index (χ4n) is 1.83. The normalized spacial score (nSPS) is 10.3. The highest BCUT2D eigenvalue weighted by atomic mass is 16.5. The molecule has 0 aromatic heterocycles. The first-order valence-electron chi connectivity index (χ1n) is 5.71. The third kappa shape index (κ3) is 2.43. The SMILES string of the molecule is CNC(=O)COc1ccc2ccccc2c1CO. The van der Waals surface area contributed by atoms with Crippen LogP contribution < -0.4 is 10.1 Å². The van der Waals surface area contributed by atoms with Gasteiger partial charge in [0, 0.05) is 12.6 Å². The summed E-state index contributed by atoms with van der Waals surface area (Å²) >= 11 is 0. The summed E-state index contributed by atoms with van der Waals surface area (Å²) in [6.07, 6.45) is 0. The number of rotatable bonds is 4. The van der Waals surface area contributed by atoms with Gasteiger partial charge in [0.2, 0.25) is 0 Å².